The lowest BCUT2D eigenvalue weighted by Crippen LogP contribution is -2.16. The molecule has 0 amide bonds. The van der Waals surface area contributed by atoms with E-state index in [0.29, 0.717) is 5.69 Å². The Morgan fingerprint density at radius 3 is 2.19 bits per heavy atom. The van der Waals surface area contributed by atoms with Crippen LogP contribution in [-0.2, 0) is 23.0 Å². The molecule has 0 aliphatic heterocycles. The van der Waals surface area contributed by atoms with Crippen molar-refractivity contribution in [1.29, 1.82) is 0 Å². The first-order valence-corrected chi connectivity index (χ1v) is 8.73. The maximum absolute atomic E-state index is 11.1. The van der Waals surface area contributed by atoms with E-state index in [-0.39, 0.29) is 0 Å². The van der Waals surface area contributed by atoms with Crippen LogP contribution in [0.25, 0.3) is 0 Å². The number of anilines is 1. The van der Waals surface area contributed by atoms with E-state index in [1.165, 1.54) is 11.1 Å². The molecule has 2 rings (SSSR count). The van der Waals surface area contributed by atoms with Crippen LogP contribution in [-0.4, -0.2) is 21.2 Å². The van der Waals surface area contributed by atoms with E-state index in [9.17, 15) is 8.42 Å². The van der Waals surface area contributed by atoms with Crippen molar-refractivity contribution >= 4 is 15.7 Å². The summed E-state index contributed by atoms with van der Waals surface area (Å²) in [5, 5.41) is 3.39. The van der Waals surface area contributed by atoms with Gasteiger partial charge in [-0.2, -0.15) is 0 Å². The lowest BCUT2D eigenvalue weighted by Gasteiger charge is -2.07. The maximum Gasteiger partial charge on any atom is 0.229 e. The van der Waals surface area contributed by atoms with Crippen molar-refractivity contribution < 1.29 is 8.42 Å². The standard InChI is InChI=1S/C16H20N2O2S/c1-21(19,20)18-16-9-7-14(8-10-16)11-12-17-13-15-5-3-2-4-6-15/h2-10,17-18H,11-13H2,1H3. The fourth-order valence-corrected chi connectivity index (χ4v) is 2.58. The smallest absolute Gasteiger partial charge is 0.229 e. The SMILES string of the molecule is CS(=O)(=O)Nc1ccc(CCNCc2ccccc2)cc1. The Bertz CT molecular complexity index is 652. The largest absolute Gasteiger partial charge is 0.312 e. The number of nitrogens with one attached hydrogen (secondary N) is 2. The van der Waals surface area contributed by atoms with Crippen molar-refractivity contribution in [3.8, 4) is 0 Å². The van der Waals surface area contributed by atoms with Crippen molar-refractivity contribution in [1.82, 2.24) is 5.32 Å². The fourth-order valence-electron chi connectivity index (χ4n) is 2.01. The Hall–Kier alpha value is -1.85. The fraction of sp³-hybridized carbons (Fsp3) is 0.250. The summed E-state index contributed by atoms with van der Waals surface area (Å²) in [6.45, 7) is 1.74. The highest BCUT2D eigenvalue weighted by Gasteiger charge is 2.01. The van der Waals surface area contributed by atoms with Gasteiger partial charge in [0, 0.05) is 12.2 Å². The van der Waals surface area contributed by atoms with E-state index < -0.39 is 10.0 Å². The highest BCUT2D eigenvalue weighted by molar-refractivity contribution is 7.92. The molecule has 0 fully saturated rings. The molecule has 0 unspecified atom stereocenters. The molecule has 0 saturated heterocycles. The summed E-state index contributed by atoms with van der Waals surface area (Å²) in [6.07, 6.45) is 2.06. The normalized spacial score (nSPS) is 11.3. The van der Waals surface area contributed by atoms with Crippen LogP contribution >= 0.6 is 0 Å². The van der Waals surface area contributed by atoms with Crippen LogP contribution < -0.4 is 10.0 Å². The first-order chi connectivity index (χ1) is 10.0. The topological polar surface area (TPSA) is 58.2 Å². The Labute approximate surface area is 126 Å². The molecule has 0 aliphatic rings. The first-order valence-electron chi connectivity index (χ1n) is 6.84. The summed E-state index contributed by atoms with van der Waals surface area (Å²) >= 11 is 0. The molecule has 112 valence electrons. The molecule has 2 aromatic carbocycles. The minimum absolute atomic E-state index is 0.596. The maximum atomic E-state index is 11.1. The second kappa shape index (κ2) is 7.24. The van der Waals surface area contributed by atoms with Crippen LogP contribution in [0.2, 0.25) is 0 Å². The average Bonchev–Trinajstić information content (AvgIpc) is 2.45. The molecule has 0 atom stereocenters. The molecular weight excluding hydrogens is 284 g/mol. The zero-order valence-electron chi connectivity index (χ0n) is 12.0. The Balaban J connectivity index is 1.76. The van der Waals surface area contributed by atoms with Gasteiger partial charge in [0.15, 0.2) is 0 Å². The Kier molecular flexibility index (Phi) is 5.36. The van der Waals surface area contributed by atoms with Gasteiger partial charge in [-0.15, -0.1) is 0 Å². The molecule has 21 heavy (non-hydrogen) atoms. The van der Waals surface area contributed by atoms with E-state index in [4.69, 9.17) is 0 Å². The van der Waals surface area contributed by atoms with Gasteiger partial charge in [-0.1, -0.05) is 42.5 Å². The Morgan fingerprint density at radius 1 is 0.905 bits per heavy atom. The van der Waals surface area contributed by atoms with Crippen molar-refractivity contribution in [2.45, 2.75) is 13.0 Å². The predicted octanol–water partition coefficient (Wildman–Crippen LogP) is 2.39. The number of hydrogen-bond acceptors (Lipinski definition) is 3. The highest BCUT2D eigenvalue weighted by atomic mass is 32.2. The van der Waals surface area contributed by atoms with Crippen molar-refractivity contribution in [2.75, 3.05) is 17.5 Å². The molecule has 0 radical (unpaired) electrons. The van der Waals surface area contributed by atoms with E-state index in [0.717, 1.165) is 25.8 Å². The lowest BCUT2D eigenvalue weighted by atomic mass is 10.1. The van der Waals surface area contributed by atoms with Crippen LogP contribution in [0.1, 0.15) is 11.1 Å². The highest BCUT2D eigenvalue weighted by Crippen LogP contribution is 2.11. The summed E-state index contributed by atoms with van der Waals surface area (Å²) in [5.74, 6) is 0. The first kappa shape index (κ1) is 15.5. The van der Waals surface area contributed by atoms with Gasteiger partial charge in [-0.25, -0.2) is 8.42 Å². The third-order valence-electron chi connectivity index (χ3n) is 3.02. The van der Waals surface area contributed by atoms with Gasteiger partial charge in [0.2, 0.25) is 10.0 Å². The summed E-state index contributed by atoms with van der Waals surface area (Å²) in [5.41, 5.74) is 3.04. The molecule has 0 saturated carbocycles. The van der Waals surface area contributed by atoms with Crippen LogP contribution in [0.3, 0.4) is 0 Å². The van der Waals surface area contributed by atoms with E-state index in [1.54, 1.807) is 12.1 Å². The van der Waals surface area contributed by atoms with Crippen LogP contribution in [0.15, 0.2) is 54.6 Å². The lowest BCUT2D eigenvalue weighted by molar-refractivity contribution is 0.607. The zero-order chi connectivity index (χ0) is 15.1. The van der Waals surface area contributed by atoms with Crippen LogP contribution in [0, 0.1) is 0 Å². The summed E-state index contributed by atoms with van der Waals surface area (Å²) in [6, 6.07) is 17.7. The number of sulfonamides is 1. The molecular formula is C16H20N2O2S. The molecule has 2 aromatic rings. The zero-order valence-corrected chi connectivity index (χ0v) is 12.9. The predicted molar refractivity (Wildman–Crippen MR) is 86.8 cm³/mol. The molecule has 4 nitrogen and oxygen atoms in total. The van der Waals surface area contributed by atoms with Gasteiger partial charge in [0.05, 0.1) is 6.26 Å². The van der Waals surface area contributed by atoms with Crippen molar-refractivity contribution in [3.63, 3.8) is 0 Å². The molecule has 5 heteroatoms. The number of benzene rings is 2. The third kappa shape index (κ3) is 5.97. The van der Waals surface area contributed by atoms with Gasteiger partial charge in [-0.3, -0.25) is 4.72 Å². The van der Waals surface area contributed by atoms with Gasteiger partial charge >= 0.3 is 0 Å². The summed E-state index contributed by atoms with van der Waals surface area (Å²) < 4.78 is 24.7. The molecule has 0 aromatic heterocycles. The number of rotatable bonds is 7. The second-order valence-corrected chi connectivity index (χ2v) is 6.73. The third-order valence-corrected chi connectivity index (χ3v) is 3.63. The van der Waals surface area contributed by atoms with Gasteiger partial charge < -0.3 is 5.32 Å². The molecule has 0 heterocycles. The second-order valence-electron chi connectivity index (χ2n) is 4.98. The quantitative estimate of drug-likeness (QED) is 0.772. The Morgan fingerprint density at radius 2 is 1.57 bits per heavy atom. The minimum atomic E-state index is -3.20. The van der Waals surface area contributed by atoms with Gasteiger partial charge in [0.1, 0.15) is 0 Å². The molecule has 2 N–H and O–H groups in total. The summed E-state index contributed by atoms with van der Waals surface area (Å²) in [4.78, 5) is 0. The van der Waals surface area contributed by atoms with E-state index >= 15 is 0 Å². The van der Waals surface area contributed by atoms with Crippen LogP contribution in [0.5, 0.6) is 0 Å². The average molecular weight is 304 g/mol. The van der Waals surface area contributed by atoms with E-state index in [1.807, 2.05) is 30.3 Å². The van der Waals surface area contributed by atoms with E-state index in [2.05, 4.69) is 22.2 Å². The summed E-state index contributed by atoms with van der Waals surface area (Å²) in [7, 11) is -3.20. The van der Waals surface area contributed by atoms with Crippen molar-refractivity contribution in [2.24, 2.45) is 0 Å². The molecule has 0 spiro atoms. The van der Waals surface area contributed by atoms with Gasteiger partial charge in [0.25, 0.3) is 0 Å². The minimum Gasteiger partial charge on any atom is -0.312 e. The monoisotopic (exact) mass is 304 g/mol. The number of hydrogen-bond donors (Lipinski definition) is 2. The van der Waals surface area contributed by atoms with Crippen molar-refractivity contribution in [3.05, 3.63) is 65.7 Å². The molecule has 0 bridgehead atoms. The van der Waals surface area contributed by atoms with Gasteiger partial charge in [-0.05, 0) is 36.2 Å². The molecule has 0 aliphatic carbocycles. The van der Waals surface area contributed by atoms with Crippen LogP contribution in [0.4, 0.5) is 5.69 Å².